The van der Waals surface area contributed by atoms with Crippen molar-refractivity contribution in [1.29, 1.82) is 0 Å². The first-order valence-corrected chi connectivity index (χ1v) is 4.14. The van der Waals surface area contributed by atoms with Crippen molar-refractivity contribution in [3.05, 3.63) is 35.4 Å². The van der Waals surface area contributed by atoms with Crippen molar-refractivity contribution in [2.45, 2.75) is 12.8 Å². The van der Waals surface area contributed by atoms with Crippen LogP contribution in [0, 0.1) is 5.92 Å². The average molecular weight is 161 g/mol. The van der Waals surface area contributed by atoms with Crippen LogP contribution in [0.4, 0.5) is 0 Å². The average Bonchev–Trinajstić information content (AvgIpc) is 2.47. The normalized spacial score (nSPS) is 17.0. The second-order valence-corrected chi connectivity index (χ2v) is 3.20. The molecule has 0 aliphatic heterocycles. The second-order valence-electron chi connectivity index (χ2n) is 3.20. The largest absolute Gasteiger partial charge is 0.411 e. The van der Waals surface area contributed by atoms with Crippen molar-refractivity contribution in [2.24, 2.45) is 11.1 Å². The summed E-state index contributed by atoms with van der Waals surface area (Å²) in [7, 11) is 0. The van der Waals surface area contributed by atoms with Crippen molar-refractivity contribution in [1.82, 2.24) is 0 Å². The molecule has 0 spiro atoms. The van der Waals surface area contributed by atoms with Gasteiger partial charge in [0.05, 0.1) is 0 Å². The smallest absolute Gasteiger partial charge is 0.0473 e. The van der Waals surface area contributed by atoms with Crippen LogP contribution in [0.1, 0.15) is 11.1 Å². The molecule has 2 heteroatoms. The lowest BCUT2D eigenvalue weighted by molar-refractivity contribution is 0.318. The van der Waals surface area contributed by atoms with E-state index in [4.69, 9.17) is 5.21 Å². The maximum absolute atomic E-state index is 8.38. The molecule has 0 atom stereocenters. The summed E-state index contributed by atoms with van der Waals surface area (Å²) in [6.07, 6.45) is 3.65. The highest BCUT2D eigenvalue weighted by Crippen LogP contribution is 2.24. The Kier molecular flexibility index (Phi) is 1.82. The molecule has 1 aromatic rings. The topological polar surface area (TPSA) is 32.6 Å². The van der Waals surface area contributed by atoms with Crippen LogP contribution in [-0.2, 0) is 12.8 Å². The van der Waals surface area contributed by atoms with E-state index >= 15 is 0 Å². The van der Waals surface area contributed by atoms with Crippen LogP contribution < -0.4 is 0 Å². The van der Waals surface area contributed by atoms with Crippen LogP contribution in [0.25, 0.3) is 0 Å². The van der Waals surface area contributed by atoms with E-state index in [2.05, 4.69) is 29.4 Å². The van der Waals surface area contributed by atoms with Gasteiger partial charge in [-0.05, 0) is 24.0 Å². The van der Waals surface area contributed by atoms with Gasteiger partial charge in [-0.3, -0.25) is 0 Å². The van der Waals surface area contributed by atoms with Gasteiger partial charge < -0.3 is 5.21 Å². The van der Waals surface area contributed by atoms with Gasteiger partial charge in [-0.2, -0.15) is 0 Å². The van der Waals surface area contributed by atoms with Gasteiger partial charge in [-0.15, -0.1) is 5.16 Å². The molecule has 1 N–H and O–H groups in total. The lowest BCUT2D eigenvalue weighted by Crippen LogP contribution is -1.99. The van der Waals surface area contributed by atoms with Crippen molar-refractivity contribution < 1.29 is 5.21 Å². The Morgan fingerprint density at radius 2 is 1.83 bits per heavy atom. The SMILES string of the molecule is ON=CC1Cc2ccccc2C1. The summed E-state index contributed by atoms with van der Waals surface area (Å²) >= 11 is 0. The van der Waals surface area contributed by atoms with E-state index in [-0.39, 0.29) is 0 Å². The predicted molar refractivity (Wildman–Crippen MR) is 47.6 cm³/mol. The van der Waals surface area contributed by atoms with Gasteiger partial charge in [0.25, 0.3) is 0 Å². The number of rotatable bonds is 1. The van der Waals surface area contributed by atoms with Gasteiger partial charge in [-0.1, -0.05) is 24.3 Å². The van der Waals surface area contributed by atoms with Crippen LogP contribution >= 0.6 is 0 Å². The van der Waals surface area contributed by atoms with E-state index < -0.39 is 0 Å². The lowest BCUT2D eigenvalue weighted by atomic mass is 10.1. The Morgan fingerprint density at radius 1 is 1.25 bits per heavy atom. The highest BCUT2D eigenvalue weighted by Gasteiger charge is 2.18. The Balaban J connectivity index is 2.22. The van der Waals surface area contributed by atoms with E-state index in [0.29, 0.717) is 5.92 Å². The van der Waals surface area contributed by atoms with Crippen molar-refractivity contribution in [3.63, 3.8) is 0 Å². The molecule has 0 unspecified atom stereocenters. The van der Waals surface area contributed by atoms with E-state index in [1.807, 2.05) is 0 Å². The summed E-state index contributed by atoms with van der Waals surface area (Å²) < 4.78 is 0. The summed E-state index contributed by atoms with van der Waals surface area (Å²) in [5, 5.41) is 11.5. The van der Waals surface area contributed by atoms with Gasteiger partial charge in [-0.25, -0.2) is 0 Å². The molecule has 0 aromatic heterocycles. The number of oxime groups is 1. The van der Waals surface area contributed by atoms with Crippen LogP contribution in [0.2, 0.25) is 0 Å². The molecular formula is C10H11NO. The maximum atomic E-state index is 8.38. The van der Waals surface area contributed by atoms with Gasteiger partial charge in [0.15, 0.2) is 0 Å². The molecule has 0 saturated heterocycles. The summed E-state index contributed by atoms with van der Waals surface area (Å²) in [5.74, 6) is 0.396. The zero-order chi connectivity index (χ0) is 8.39. The lowest BCUT2D eigenvalue weighted by Gasteiger charge is -1.95. The Morgan fingerprint density at radius 3 is 2.33 bits per heavy atom. The Bertz CT molecular complexity index is 281. The molecule has 1 aromatic carbocycles. The molecule has 1 aliphatic carbocycles. The molecule has 1 aliphatic rings. The molecular weight excluding hydrogens is 150 g/mol. The zero-order valence-corrected chi connectivity index (χ0v) is 6.77. The minimum atomic E-state index is 0.396. The van der Waals surface area contributed by atoms with Crippen molar-refractivity contribution in [2.75, 3.05) is 0 Å². The minimum Gasteiger partial charge on any atom is -0.411 e. The predicted octanol–water partition coefficient (Wildman–Crippen LogP) is 1.86. The minimum absolute atomic E-state index is 0.396. The first-order valence-electron chi connectivity index (χ1n) is 4.14. The number of fused-ring (bicyclic) bond motifs is 1. The van der Waals surface area contributed by atoms with Crippen molar-refractivity contribution >= 4 is 6.21 Å². The molecule has 12 heavy (non-hydrogen) atoms. The van der Waals surface area contributed by atoms with Crippen LogP contribution in [-0.4, -0.2) is 11.4 Å². The van der Waals surface area contributed by atoms with Gasteiger partial charge in [0.2, 0.25) is 0 Å². The summed E-state index contributed by atoms with van der Waals surface area (Å²) in [6, 6.07) is 8.38. The standard InChI is InChI=1S/C10H11NO/c12-11-7-8-5-9-3-1-2-4-10(9)6-8/h1-4,7-8,12H,5-6H2. The molecule has 0 bridgehead atoms. The third-order valence-electron chi connectivity index (χ3n) is 2.36. The third kappa shape index (κ3) is 1.20. The summed E-state index contributed by atoms with van der Waals surface area (Å²) in [5.41, 5.74) is 2.78. The molecule has 62 valence electrons. The number of benzene rings is 1. The number of nitrogens with zero attached hydrogens (tertiary/aromatic N) is 1. The number of hydrogen-bond donors (Lipinski definition) is 1. The van der Waals surface area contributed by atoms with E-state index in [1.165, 1.54) is 11.1 Å². The highest BCUT2D eigenvalue weighted by molar-refractivity contribution is 5.63. The second kappa shape index (κ2) is 2.97. The first-order chi connectivity index (χ1) is 5.90. The molecule has 0 radical (unpaired) electrons. The quantitative estimate of drug-likeness (QED) is 0.380. The van der Waals surface area contributed by atoms with Crippen molar-refractivity contribution in [3.8, 4) is 0 Å². The highest BCUT2D eigenvalue weighted by atomic mass is 16.4. The summed E-state index contributed by atoms with van der Waals surface area (Å²) in [6.45, 7) is 0. The fraction of sp³-hybridized carbons (Fsp3) is 0.300. The molecule has 0 saturated carbocycles. The number of hydrogen-bond acceptors (Lipinski definition) is 2. The first kappa shape index (κ1) is 7.35. The Hall–Kier alpha value is -1.31. The molecule has 0 heterocycles. The summed E-state index contributed by atoms with van der Waals surface area (Å²) in [4.78, 5) is 0. The Labute approximate surface area is 71.5 Å². The fourth-order valence-electron chi connectivity index (χ4n) is 1.79. The monoisotopic (exact) mass is 161 g/mol. The van der Waals surface area contributed by atoms with E-state index in [0.717, 1.165) is 12.8 Å². The third-order valence-corrected chi connectivity index (χ3v) is 2.36. The van der Waals surface area contributed by atoms with Gasteiger partial charge in [0, 0.05) is 12.1 Å². The van der Waals surface area contributed by atoms with E-state index in [1.54, 1.807) is 6.21 Å². The van der Waals surface area contributed by atoms with Crippen LogP contribution in [0.3, 0.4) is 0 Å². The zero-order valence-electron chi connectivity index (χ0n) is 6.77. The van der Waals surface area contributed by atoms with E-state index in [9.17, 15) is 0 Å². The maximum Gasteiger partial charge on any atom is 0.0473 e. The molecule has 2 rings (SSSR count). The van der Waals surface area contributed by atoms with Crippen LogP contribution in [0.15, 0.2) is 29.4 Å². The van der Waals surface area contributed by atoms with Crippen LogP contribution in [0.5, 0.6) is 0 Å². The molecule has 0 amide bonds. The van der Waals surface area contributed by atoms with Gasteiger partial charge in [0.1, 0.15) is 0 Å². The molecule has 2 nitrogen and oxygen atoms in total. The van der Waals surface area contributed by atoms with Gasteiger partial charge >= 0.3 is 0 Å². The fourth-order valence-corrected chi connectivity index (χ4v) is 1.79. The molecule has 0 fully saturated rings.